The monoisotopic (exact) mass is 802 g/mol. The minimum atomic E-state index is -0.105. The van der Waals surface area contributed by atoms with Crippen molar-refractivity contribution in [2.45, 2.75) is 45.7 Å². The standard InChI is InChI=1S/C24H30N4O3.C21H24N4O3/c1-16(2)25-18-9-11-27(12-10-18)19-6-8-23-26-20(14-24(29)28(23)15-19)17-5-7-21(30-3)22(13-17)31-4;1-14-10-20-23-16(15-4-5-18(27-2)19(11-15)28-3)12-21(26)25(20)13-17(14)24-8-6-22-7-9-24/h5-8,13-16,18,25H,9-12H2,1-4H3;4-5,10-13,22H,6-9H2,1-3H3. The summed E-state index contributed by atoms with van der Waals surface area (Å²) in [5, 5.41) is 6.97. The van der Waals surface area contributed by atoms with Gasteiger partial charge < -0.3 is 39.4 Å². The highest BCUT2D eigenvalue weighted by Gasteiger charge is 2.21. The fraction of sp³-hybridized carbons (Fsp3) is 0.378. The number of hydrogen-bond donors (Lipinski definition) is 2. The van der Waals surface area contributed by atoms with E-state index in [4.69, 9.17) is 28.9 Å². The van der Waals surface area contributed by atoms with E-state index in [2.05, 4.69) is 47.3 Å². The lowest BCUT2D eigenvalue weighted by atomic mass is 10.0. The van der Waals surface area contributed by atoms with E-state index in [9.17, 15) is 9.59 Å². The maximum absolute atomic E-state index is 12.9. The number of benzene rings is 2. The van der Waals surface area contributed by atoms with Crippen LogP contribution in [0.25, 0.3) is 33.8 Å². The van der Waals surface area contributed by atoms with E-state index in [1.54, 1.807) is 49.4 Å². The zero-order chi connectivity index (χ0) is 41.6. The van der Waals surface area contributed by atoms with Crippen LogP contribution in [0.2, 0.25) is 0 Å². The Morgan fingerprint density at radius 1 is 0.644 bits per heavy atom. The highest BCUT2D eigenvalue weighted by Crippen LogP contribution is 2.33. The first-order valence-electron chi connectivity index (χ1n) is 20.1. The maximum Gasteiger partial charge on any atom is 0.258 e. The molecular weight excluding hydrogens is 749 g/mol. The average Bonchev–Trinajstić information content (AvgIpc) is 3.26. The third-order valence-electron chi connectivity index (χ3n) is 10.9. The molecule has 0 amide bonds. The fourth-order valence-electron chi connectivity index (χ4n) is 7.81. The predicted molar refractivity (Wildman–Crippen MR) is 233 cm³/mol. The number of piperidine rings is 1. The van der Waals surface area contributed by atoms with Crippen molar-refractivity contribution in [1.82, 2.24) is 29.4 Å². The smallest absolute Gasteiger partial charge is 0.258 e. The van der Waals surface area contributed by atoms with E-state index in [0.29, 0.717) is 57.8 Å². The molecule has 2 aromatic carbocycles. The number of fused-ring (bicyclic) bond motifs is 2. The van der Waals surface area contributed by atoms with Crippen LogP contribution in [0.3, 0.4) is 0 Å². The minimum Gasteiger partial charge on any atom is -0.493 e. The third kappa shape index (κ3) is 9.13. The Balaban J connectivity index is 0.000000180. The van der Waals surface area contributed by atoms with Gasteiger partial charge in [-0.25, -0.2) is 9.97 Å². The molecule has 2 aliphatic rings. The van der Waals surface area contributed by atoms with E-state index < -0.39 is 0 Å². The normalized spacial score (nSPS) is 14.6. The molecular formula is C45H54N8O6. The van der Waals surface area contributed by atoms with Gasteiger partial charge in [-0.05, 0) is 79.9 Å². The lowest BCUT2D eigenvalue weighted by Gasteiger charge is -2.34. The van der Waals surface area contributed by atoms with Gasteiger partial charge in [0.1, 0.15) is 11.3 Å². The molecule has 0 atom stereocenters. The molecule has 0 aliphatic carbocycles. The second kappa shape index (κ2) is 18.2. The number of piperazine rings is 1. The third-order valence-corrected chi connectivity index (χ3v) is 10.9. The highest BCUT2D eigenvalue weighted by molar-refractivity contribution is 5.68. The van der Waals surface area contributed by atoms with E-state index in [-0.39, 0.29) is 11.1 Å². The summed E-state index contributed by atoms with van der Waals surface area (Å²) in [5.41, 5.74) is 7.13. The number of nitrogens with one attached hydrogen (secondary N) is 2. The van der Waals surface area contributed by atoms with Crippen molar-refractivity contribution in [2.75, 3.05) is 77.5 Å². The topological polar surface area (TPSA) is 136 Å². The molecule has 2 saturated heterocycles. The van der Waals surface area contributed by atoms with Crippen molar-refractivity contribution in [3.8, 4) is 45.5 Å². The van der Waals surface area contributed by atoms with Gasteiger partial charge in [-0.2, -0.15) is 0 Å². The molecule has 14 nitrogen and oxygen atoms in total. The summed E-state index contributed by atoms with van der Waals surface area (Å²) in [7, 11) is 6.37. The van der Waals surface area contributed by atoms with E-state index in [1.807, 2.05) is 60.9 Å². The quantitative estimate of drug-likeness (QED) is 0.183. The summed E-state index contributed by atoms with van der Waals surface area (Å²) >= 11 is 0. The molecule has 8 rings (SSSR count). The van der Waals surface area contributed by atoms with Gasteiger partial charge in [0.15, 0.2) is 23.0 Å². The first kappa shape index (κ1) is 41.1. The zero-order valence-corrected chi connectivity index (χ0v) is 34.9. The van der Waals surface area contributed by atoms with Crippen LogP contribution in [0.5, 0.6) is 23.0 Å². The maximum atomic E-state index is 12.9. The molecule has 310 valence electrons. The number of aryl methyl sites for hydroxylation is 1. The van der Waals surface area contributed by atoms with Gasteiger partial charge in [-0.15, -0.1) is 0 Å². The molecule has 2 aliphatic heterocycles. The predicted octanol–water partition coefficient (Wildman–Crippen LogP) is 5.44. The van der Waals surface area contributed by atoms with Crippen LogP contribution in [-0.2, 0) is 0 Å². The van der Waals surface area contributed by atoms with Gasteiger partial charge in [0, 0.05) is 87.0 Å². The van der Waals surface area contributed by atoms with Gasteiger partial charge in [0.2, 0.25) is 0 Å². The fourth-order valence-corrected chi connectivity index (χ4v) is 7.81. The second-order valence-electron chi connectivity index (χ2n) is 15.1. The van der Waals surface area contributed by atoms with Crippen LogP contribution >= 0.6 is 0 Å². The van der Waals surface area contributed by atoms with Gasteiger partial charge in [0.25, 0.3) is 11.1 Å². The van der Waals surface area contributed by atoms with Crippen molar-refractivity contribution < 1.29 is 18.9 Å². The van der Waals surface area contributed by atoms with Crippen LogP contribution in [0.15, 0.2) is 88.7 Å². The summed E-state index contributed by atoms with van der Waals surface area (Å²) in [6.45, 7) is 12.1. The first-order chi connectivity index (χ1) is 28.6. The number of rotatable bonds is 10. The van der Waals surface area contributed by atoms with Crippen molar-refractivity contribution in [2.24, 2.45) is 0 Å². The molecule has 0 saturated carbocycles. The van der Waals surface area contributed by atoms with Gasteiger partial charge in [-0.3, -0.25) is 18.4 Å². The Labute approximate surface area is 344 Å². The SMILES string of the molecule is COc1ccc(-c2cc(=O)n3cc(N4CCC(NC(C)C)CC4)ccc3n2)cc1OC.COc1ccc(-c2cc(=O)n3cc(N4CCNCC4)c(C)cc3n2)cc1OC. The summed E-state index contributed by atoms with van der Waals surface area (Å²) < 4.78 is 24.6. The molecule has 4 aromatic heterocycles. The zero-order valence-electron chi connectivity index (χ0n) is 34.9. The van der Waals surface area contributed by atoms with Crippen molar-refractivity contribution in [3.05, 3.63) is 105 Å². The molecule has 2 N–H and O–H groups in total. The van der Waals surface area contributed by atoms with Crippen LogP contribution in [-0.4, -0.2) is 98.6 Å². The molecule has 0 bridgehead atoms. The van der Waals surface area contributed by atoms with Crippen molar-refractivity contribution in [1.29, 1.82) is 0 Å². The molecule has 0 unspecified atom stereocenters. The molecule has 2 fully saturated rings. The van der Waals surface area contributed by atoms with Gasteiger partial charge >= 0.3 is 0 Å². The number of hydrogen-bond acceptors (Lipinski definition) is 12. The Bertz CT molecular complexity index is 2540. The highest BCUT2D eigenvalue weighted by atomic mass is 16.5. The number of nitrogens with zero attached hydrogens (tertiary/aromatic N) is 6. The van der Waals surface area contributed by atoms with Crippen molar-refractivity contribution >= 4 is 22.7 Å². The van der Waals surface area contributed by atoms with E-state index >= 15 is 0 Å². The minimum absolute atomic E-state index is 0.104. The molecule has 6 aromatic rings. The molecule has 14 heteroatoms. The Morgan fingerprint density at radius 3 is 1.73 bits per heavy atom. The summed E-state index contributed by atoms with van der Waals surface area (Å²) in [4.78, 5) is 39.8. The van der Waals surface area contributed by atoms with Gasteiger partial charge in [-0.1, -0.05) is 13.8 Å². The van der Waals surface area contributed by atoms with Crippen LogP contribution in [0.1, 0.15) is 32.3 Å². The largest absolute Gasteiger partial charge is 0.493 e. The first-order valence-corrected chi connectivity index (χ1v) is 20.1. The van der Waals surface area contributed by atoms with Crippen LogP contribution in [0.4, 0.5) is 11.4 Å². The van der Waals surface area contributed by atoms with E-state index in [1.165, 1.54) is 0 Å². The van der Waals surface area contributed by atoms with E-state index in [0.717, 1.165) is 80.2 Å². The summed E-state index contributed by atoms with van der Waals surface area (Å²) in [6, 6.07) is 21.2. The van der Waals surface area contributed by atoms with Crippen LogP contribution < -0.4 is 50.5 Å². The van der Waals surface area contributed by atoms with Crippen LogP contribution in [0, 0.1) is 6.92 Å². The second-order valence-corrected chi connectivity index (χ2v) is 15.1. The number of anilines is 2. The lowest BCUT2D eigenvalue weighted by molar-refractivity contribution is 0.355. The average molecular weight is 803 g/mol. The number of methoxy groups -OCH3 is 4. The molecule has 6 heterocycles. The van der Waals surface area contributed by atoms with Gasteiger partial charge in [0.05, 0.1) is 51.2 Å². The lowest BCUT2D eigenvalue weighted by Crippen LogP contribution is -2.44. The summed E-state index contributed by atoms with van der Waals surface area (Å²) in [5.74, 6) is 2.49. The number of pyridine rings is 2. The van der Waals surface area contributed by atoms with Crippen molar-refractivity contribution in [3.63, 3.8) is 0 Å². The number of aromatic nitrogens is 4. The Hall–Kier alpha value is -6.12. The summed E-state index contributed by atoms with van der Waals surface area (Å²) in [6.07, 6.45) is 6.01. The Kier molecular flexibility index (Phi) is 12.7. The molecule has 59 heavy (non-hydrogen) atoms. The Morgan fingerprint density at radius 2 is 1.19 bits per heavy atom. The molecule has 0 radical (unpaired) electrons. The molecule has 0 spiro atoms. The number of ether oxygens (including phenoxy) is 4.